The molecule has 0 spiro atoms. The molecule has 7 nitrogen and oxygen atoms in total. The number of carbonyl (C=O) groups is 1. The van der Waals surface area contributed by atoms with Crippen molar-refractivity contribution in [2.24, 2.45) is 0 Å². The molecule has 0 radical (unpaired) electrons. The van der Waals surface area contributed by atoms with E-state index in [1.165, 1.54) is 9.69 Å². The standard InChI is InChI=1S/C22H22N6OS/c1-14-5-7-16(20(12-14)28-23-9-10-24-28)22(29)27-11-3-4-19(27)21-25-17-8-6-15(30-2)13-18(17)26-21/h5-10,12-13,19H,3-4,11H2,1-2H3,(H,25,26). The Labute approximate surface area is 178 Å². The fourth-order valence-electron chi connectivity index (χ4n) is 4.07. The van der Waals surface area contributed by atoms with Crippen LogP contribution < -0.4 is 0 Å². The van der Waals surface area contributed by atoms with E-state index in [0.717, 1.165) is 35.3 Å². The highest BCUT2D eigenvalue weighted by Crippen LogP contribution is 2.34. The first-order valence-corrected chi connectivity index (χ1v) is 11.2. The molecular formula is C22H22N6OS. The number of rotatable bonds is 4. The van der Waals surface area contributed by atoms with Crippen LogP contribution in [0.25, 0.3) is 16.7 Å². The minimum Gasteiger partial charge on any atom is -0.340 e. The van der Waals surface area contributed by atoms with Crippen molar-refractivity contribution in [2.45, 2.75) is 30.7 Å². The predicted molar refractivity (Wildman–Crippen MR) is 117 cm³/mol. The lowest BCUT2D eigenvalue weighted by Crippen LogP contribution is -2.32. The number of H-pyrrole nitrogens is 1. The van der Waals surface area contributed by atoms with Gasteiger partial charge in [0, 0.05) is 11.4 Å². The molecule has 1 amide bonds. The molecule has 0 saturated carbocycles. The number of hydrogen-bond acceptors (Lipinski definition) is 5. The third-order valence-electron chi connectivity index (χ3n) is 5.55. The number of thioether (sulfide) groups is 1. The number of nitrogens with one attached hydrogen (secondary N) is 1. The van der Waals surface area contributed by atoms with Crippen LogP contribution in [0.1, 0.15) is 40.6 Å². The number of benzene rings is 2. The molecule has 1 aliphatic rings. The van der Waals surface area contributed by atoms with Gasteiger partial charge in [0.25, 0.3) is 5.91 Å². The smallest absolute Gasteiger partial charge is 0.256 e. The third-order valence-corrected chi connectivity index (χ3v) is 6.28. The summed E-state index contributed by atoms with van der Waals surface area (Å²) in [4.78, 5) is 26.5. The van der Waals surface area contributed by atoms with Gasteiger partial charge in [-0.2, -0.15) is 15.0 Å². The highest BCUT2D eigenvalue weighted by Gasteiger charge is 2.34. The summed E-state index contributed by atoms with van der Waals surface area (Å²) >= 11 is 1.70. The Morgan fingerprint density at radius 2 is 2.00 bits per heavy atom. The fourth-order valence-corrected chi connectivity index (χ4v) is 4.51. The van der Waals surface area contributed by atoms with Crippen molar-refractivity contribution in [3.8, 4) is 5.69 Å². The van der Waals surface area contributed by atoms with Crippen molar-refractivity contribution in [3.63, 3.8) is 0 Å². The summed E-state index contributed by atoms with van der Waals surface area (Å²) in [5.74, 6) is 0.829. The van der Waals surface area contributed by atoms with Gasteiger partial charge in [-0.15, -0.1) is 11.8 Å². The lowest BCUT2D eigenvalue weighted by molar-refractivity contribution is 0.0730. The number of amides is 1. The van der Waals surface area contributed by atoms with E-state index < -0.39 is 0 Å². The SMILES string of the molecule is CSc1ccc2nc(C3CCCN3C(=O)c3ccc(C)cc3-n3nccn3)[nH]c2c1. The number of fused-ring (bicyclic) bond motifs is 1. The minimum absolute atomic E-state index is 0.0185. The van der Waals surface area contributed by atoms with E-state index >= 15 is 0 Å². The zero-order valence-corrected chi connectivity index (χ0v) is 17.7. The van der Waals surface area contributed by atoms with E-state index in [2.05, 4.69) is 33.6 Å². The van der Waals surface area contributed by atoms with E-state index in [9.17, 15) is 4.79 Å². The van der Waals surface area contributed by atoms with Crippen molar-refractivity contribution < 1.29 is 4.79 Å². The lowest BCUT2D eigenvalue weighted by atomic mass is 10.1. The summed E-state index contributed by atoms with van der Waals surface area (Å²) in [5.41, 5.74) is 4.29. The van der Waals surface area contributed by atoms with Crippen molar-refractivity contribution in [1.82, 2.24) is 29.9 Å². The summed E-state index contributed by atoms with van der Waals surface area (Å²) in [6.07, 6.45) is 7.13. The maximum absolute atomic E-state index is 13.6. The number of aromatic amines is 1. The van der Waals surface area contributed by atoms with E-state index in [1.54, 1.807) is 24.2 Å². The largest absolute Gasteiger partial charge is 0.340 e. The molecule has 0 aliphatic carbocycles. The number of aromatic nitrogens is 5. The van der Waals surface area contributed by atoms with Gasteiger partial charge in [-0.3, -0.25) is 4.79 Å². The highest BCUT2D eigenvalue weighted by molar-refractivity contribution is 7.98. The van der Waals surface area contributed by atoms with Gasteiger partial charge in [0.15, 0.2) is 0 Å². The molecule has 3 heterocycles. The molecule has 4 aromatic rings. The number of carbonyl (C=O) groups excluding carboxylic acids is 1. The van der Waals surface area contributed by atoms with Crippen LogP contribution in [-0.2, 0) is 0 Å². The van der Waals surface area contributed by atoms with E-state index in [4.69, 9.17) is 4.98 Å². The minimum atomic E-state index is -0.0673. The van der Waals surface area contributed by atoms with Gasteiger partial charge in [0.2, 0.25) is 0 Å². The van der Waals surface area contributed by atoms with Crippen LogP contribution in [0, 0.1) is 6.92 Å². The zero-order chi connectivity index (χ0) is 20.7. The molecule has 152 valence electrons. The van der Waals surface area contributed by atoms with Gasteiger partial charge in [-0.1, -0.05) is 6.07 Å². The van der Waals surface area contributed by atoms with Crippen LogP contribution in [0.15, 0.2) is 53.7 Å². The van der Waals surface area contributed by atoms with Crippen LogP contribution in [0.4, 0.5) is 0 Å². The van der Waals surface area contributed by atoms with Gasteiger partial charge in [0.05, 0.1) is 40.7 Å². The number of likely N-dealkylation sites (tertiary alicyclic amines) is 1. The molecule has 1 atom stereocenters. The topological polar surface area (TPSA) is 79.7 Å². The van der Waals surface area contributed by atoms with Gasteiger partial charge in [-0.05, 0) is 61.9 Å². The Kier molecular flexibility index (Phi) is 4.78. The number of imidazole rings is 1. The van der Waals surface area contributed by atoms with Crippen LogP contribution in [0.3, 0.4) is 0 Å². The fraction of sp³-hybridized carbons (Fsp3) is 0.273. The molecule has 1 saturated heterocycles. The molecule has 8 heteroatoms. The monoisotopic (exact) mass is 418 g/mol. The second-order valence-corrected chi connectivity index (χ2v) is 8.38. The summed E-state index contributed by atoms with van der Waals surface area (Å²) < 4.78 is 0. The molecule has 1 unspecified atom stereocenters. The molecule has 1 N–H and O–H groups in total. The maximum Gasteiger partial charge on any atom is 0.256 e. The Bertz CT molecular complexity index is 1220. The van der Waals surface area contributed by atoms with Gasteiger partial charge >= 0.3 is 0 Å². The number of nitrogens with zero attached hydrogens (tertiary/aromatic N) is 5. The first-order chi connectivity index (χ1) is 14.6. The first kappa shape index (κ1) is 18.9. The Hall–Kier alpha value is -3.13. The van der Waals surface area contributed by atoms with Crippen LogP contribution in [-0.4, -0.2) is 48.6 Å². The molecule has 1 fully saturated rings. The maximum atomic E-state index is 13.6. The summed E-state index contributed by atoms with van der Waals surface area (Å²) in [6, 6.07) is 11.9. The van der Waals surface area contributed by atoms with Crippen molar-refractivity contribution in [2.75, 3.05) is 12.8 Å². The Morgan fingerprint density at radius 3 is 2.80 bits per heavy atom. The van der Waals surface area contributed by atoms with E-state index in [0.29, 0.717) is 17.8 Å². The van der Waals surface area contributed by atoms with Crippen molar-refractivity contribution in [3.05, 3.63) is 65.7 Å². The third kappa shape index (κ3) is 3.27. The average Bonchev–Trinajstić information content (AvgIpc) is 3.52. The molecular weight excluding hydrogens is 396 g/mol. The molecule has 0 bridgehead atoms. The predicted octanol–water partition coefficient (Wildman–Crippen LogP) is 4.15. The Morgan fingerprint density at radius 1 is 1.17 bits per heavy atom. The van der Waals surface area contributed by atoms with Gasteiger partial charge < -0.3 is 9.88 Å². The highest BCUT2D eigenvalue weighted by atomic mass is 32.2. The average molecular weight is 419 g/mol. The number of hydrogen-bond donors (Lipinski definition) is 1. The number of aryl methyl sites for hydroxylation is 1. The zero-order valence-electron chi connectivity index (χ0n) is 16.9. The molecule has 2 aromatic heterocycles. The van der Waals surface area contributed by atoms with Crippen molar-refractivity contribution >= 4 is 28.7 Å². The van der Waals surface area contributed by atoms with Gasteiger partial charge in [0.1, 0.15) is 5.82 Å². The second kappa shape index (κ2) is 7.60. The van der Waals surface area contributed by atoms with Crippen LogP contribution in [0.2, 0.25) is 0 Å². The summed E-state index contributed by atoms with van der Waals surface area (Å²) in [5, 5.41) is 8.47. The molecule has 30 heavy (non-hydrogen) atoms. The lowest BCUT2D eigenvalue weighted by Gasteiger charge is -2.24. The van der Waals surface area contributed by atoms with Crippen LogP contribution in [0.5, 0.6) is 0 Å². The molecule has 1 aliphatic heterocycles. The normalized spacial score (nSPS) is 16.5. The quantitative estimate of drug-likeness (QED) is 0.504. The first-order valence-electron chi connectivity index (χ1n) is 9.96. The van der Waals surface area contributed by atoms with E-state index in [-0.39, 0.29) is 11.9 Å². The second-order valence-electron chi connectivity index (χ2n) is 7.50. The molecule has 5 rings (SSSR count). The summed E-state index contributed by atoms with van der Waals surface area (Å²) in [7, 11) is 0. The van der Waals surface area contributed by atoms with Gasteiger partial charge in [-0.25, -0.2) is 4.98 Å². The van der Waals surface area contributed by atoms with Crippen molar-refractivity contribution in [1.29, 1.82) is 0 Å². The van der Waals surface area contributed by atoms with Crippen LogP contribution >= 0.6 is 11.8 Å². The Balaban J connectivity index is 1.51. The van der Waals surface area contributed by atoms with E-state index in [1.807, 2.05) is 36.1 Å². The molecule has 2 aromatic carbocycles. The summed E-state index contributed by atoms with van der Waals surface area (Å²) in [6.45, 7) is 2.70.